The van der Waals surface area contributed by atoms with Gasteiger partial charge in [-0.15, -0.1) is 6.58 Å². The summed E-state index contributed by atoms with van der Waals surface area (Å²) in [5.41, 5.74) is -0.907. The molecule has 302 valence electrons. The minimum Gasteiger partial charge on any atom is -0.496 e. The van der Waals surface area contributed by atoms with Crippen LogP contribution in [0.2, 0.25) is 0 Å². The minimum atomic E-state index is -3.93. The number of carbonyl (C=O) groups excluding carboxylic acids is 4. The van der Waals surface area contributed by atoms with E-state index in [-0.39, 0.29) is 30.7 Å². The van der Waals surface area contributed by atoms with Crippen molar-refractivity contribution in [3.63, 3.8) is 0 Å². The van der Waals surface area contributed by atoms with Crippen molar-refractivity contribution in [1.29, 1.82) is 0 Å². The molecule has 3 fully saturated rings. The van der Waals surface area contributed by atoms with E-state index in [0.29, 0.717) is 41.1 Å². The maximum absolute atomic E-state index is 14.6. The van der Waals surface area contributed by atoms with Crippen LogP contribution >= 0.6 is 0 Å². The highest BCUT2D eigenvalue weighted by atomic mass is 32.2. The molecule has 3 N–H and O–H groups in total. The van der Waals surface area contributed by atoms with E-state index < -0.39 is 79.7 Å². The van der Waals surface area contributed by atoms with Gasteiger partial charge in [0.15, 0.2) is 5.75 Å². The first-order chi connectivity index (χ1) is 26.2. The normalized spacial score (nSPS) is 22.9. The molecule has 1 aliphatic heterocycles. The number of aromatic nitrogens is 2. The molecule has 16 nitrogen and oxygen atoms in total. The number of hydrogen-bond donors (Lipinski definition) is 3. The molecule has 6 rings (SSSR count). The van der Waals surface area contributed by atoms with Gasteiger partial charge >= 0.3 is 6.09 Å². The monoisotopic (exact) mass is 794 g/mol. The van der Waals surface area contributed by atoms with Crippen molar-refractivity contribution < 1.29 is 46.3 Å². The zero-order chi connectivity index (χ0) is 41.0. The predicted octanol–water partition coefficient (Wildman–Crippen LogP) is 4.16. The van der Waals surface area contributed by atoms with E-state index in [2.05, 4.69) is 27.1 Å². The third-order valence-corrected chi connectivity index (χ3v) is 11.9. The van der Waals surface area contributed by atoms with E-state index in [1.54, 1.807) is 67.7 Å². The molecule has 2 saturated carbocycles. The van der Waals surface area contributed by atoms with Gasteiger partial charge in [-0.05, 0) is 64.5 Å². The number of methoxy groups -OCH3 is 1. The second-order valence-corrected chi connectivity index (χ2v) is 18.7. The summed E-state index contributed by atoms with van der Waals surface area (Å²) >= 11 is 0. The Kier molecular flexibility index (Phi) is 10.6. The minimum absolute atomic E-state index is 0.0430. The van der Waals surface area contributed by atoms with Gasteiger partial charge in [0, 0.05) is 24.0 Å². The molecule has 2 aromatic heterocycles. The van der Waals surface area contributed by atoms with Crippen molar-refractivity contribution in [3.05, 3.63) is 48.7 Å². The number of nitrogens with one attached hydrogen (secondary N) is 3. The SMILES string of the molecule is C=C[C@H]1C[C@@]1(NC(=O)[C@@H]1C[C@@H](Oc2cc(-c3ccccc3OC)nc3c(C)noc23)CN1C(=O)[C@@H](NC(=O)OC(C)(C)C)C(C)(C)C)C(=O)NS(=O)(=O)C1CC1. The van der Waals surface area contributed by atoms with Gasteiger partial charge in [-0.25, -0.2) is 18.2 Å². The number of nitrogens with zero attached hydrogens (tertiary/aromatic N) is 3. The lowest BCUT2D eigenvalue weighted by Crippen LogP contribution is -2.60. The molecule has 1 aromatic carbocycles. The molecule has 17 heteroatoms. The molecule has 4 amide bonds. The second kappa shape index (κ2) is 14.7. The van der Waals surface area contributed by atoms with E-state index in [9.17, 15) is 27.6 Å². The van der Waals surface area contributed by atoms with E-state index in [4.69, 9.17) is 23.7 Å². The lowest BCUT2D eigenvalue weighted by atomic mass is 9.85. The fourth-order valence-corrected chi connectivity index (χ4v) is 8.26. The number of ether oxygens (including phenoxy) is 3. The van der Waals surface area contributed by atoms with Gasteiger partial charge < -0.3 is 34.3 Å². The Morgan fingerprint density at radius 2 is 1.79 bits per heavy atom. The quantitative estimate of drug-likeness (QED) is 0.221. The Morgan fingerprint density at radius 3 is 2.39 bits per heavy atom. The maximum atomic E-state index is 14.6. The molecule has 56 heavy (non-hydrogen) atoms. The van der Waals surface area contributed by atoms with Gasteiger partial charge in [-0.2, -0.15) is 0 Å². The van der Waals surface area contributed by atoms with E-state index in [1.165, 1.54) is 11.0 Å². The number of amides is 4. The van der Waals surface area contributed by atoms with Crippen LogP contribution in [0.15, 0.2) is 47.5 Å². The summed E-state index contributed by atoms with van der Waals surface area (Å²) in [6.07, 6.45) is 0.814. The number of para-hydroxylation sites is 1. The highest BCUT2D eigenvalue weighted by molar-refractivity contribution is 7.91. The van der Waals surface area contributed by atoms with Gasteiger partial charge in [0.25, 0.3) is 5.91 Å². The van der Waals surface area contributed by atoms with E-state index in [0.717, 1.165) is 0 Å². The Hall–Kier alpha value is -5.19. The molecule has 3 aromatic rings. The van der Waals surface area contributed by atoms with Crippen LogP contribution in [-0.2, 0) is 29.1 Å². The Labute approximate surface area is 326 Å². The number of sulfonamides is 1. The maximum Gasteiger partial charge on any atom is 0.408 e. The average molecular weight is 795 g/mol. The lowest BCUT2D eigenvalue weighted by molar-refractivity contribution is -0.143. The molecular formula is C39H50N6O10S. The smallest absolute Gasteiger partial charge is 0.408 e. The zero-order valence-corrected chi connectivity index (χ0v) is 33.7. The topological polar surface area (TPSA) is 208 Å². The number of alkyl carbamates (subject to hydrolysis) is 1. The molecule has 0 bridgehead atoms. The Morgan fingerprint density at radius 1 is 1.09 bits per heavy atom. The van der Waals surface area contributed by atoms with Crippen molar-refractivity contribution in [1.82, 2.24) is 30.4 Å². The second-order valence-electron chi connectivity index (χ2n) is 16.8. The third kappa shape index (κ3) is 8.32. The number of likely N-dealkylation sites (tertiary alicyclic amines) is 1. The Bertz CT molecular complexity index is 2170. The Balaban J connectivity index is 1.34. The zero-order valence-electron chi connectivity index (χ0n) is 32.9. The van der Waals surface area contributed by atoms with Gasteiger partial charge in [-0.3, -0.25) is 19.1 Å². The first-order valence-corrected chi connectivity index (χ1v) is 20.1. The summed E-state index contributed by atoms with van der Waals surface area (Å²) < 4.78 is 50.9. The number of carbonyl (C=O) groups is 4. The molecule has 1 saturated heterocycles. The van der Waals surface area contributed by atoms with Crippen LogP contribution in [0.3, 0.4) is 0 Å². The molecule has 3 aliphatic rings. The molecule has 0 spiro atoms. The van der Waals surface area contributed by atoms with Crippen LogP contribution in [0.1, 0.15) is 72.9 Å². The van der Waals surface area contributed by atoms with Gasteiger partial charge in [0.1, 0.15) is 46.3 Å². The summed E-state index contributed by atoms with van der Waals surface area (Å²) in [5.74, 6) is -1.89. The molecule has 0 radical (unpaired) electrons. The predicted molar refractivity (Wildman–Crippen MR) is 205 cm³/mol. The molecule has 2 aliphatic carbocycles. The van der Waals surface area contributed by atoms with Crippen LogP contribution < -0.4 is 24.8 Å². The molecule has 5 atom stereocenters. The lowest BCUT2D eigenvalue weighted by Gasteiger charge is -2.36. The summed E-state index contributed by atoms with van der Waals surface area (Å²) in [4.78, 5) is 61.7. The van der Waals surface area contributed by atoms with Crippen molar-refractivity contribution in [3.8, 4) is 22.8 Å². The fourth-order valence-electron chi connectivity index (χ4n) is 6.90. The third-order valence-electron chi connectivity index (χ3n) is 10.1. The molecular weight excluding hydrogens is 745 g/mol. The standard InChI is InChI=1S/C39H50N6O10S/c1-10-22-19-39(22,35(48)44-56(50,51)24-15-16-24)42-33(46)27-17-23(20-45(27)34(47)32(37(3,4)5)41-36(49)54-38(6,7)8)53-29-18-26(25-13-11-12-14-28(25)52-9)40-30-21(2)43-55-31(29)30/h10-14,18,22-24,27,32H,1,15-17,19-20H2,2-9H3,(H,41,49)(H,42,46)(H,44,48)/t22-,23+,27-,32+,39-/m0/s1. The fraction of sp³-hybridized carbons (Fsp3) is 0.538. The molecule has 0 unspecified atom stereocenters. The van der Waals surface area contributed by atoms with Gasteiger partial charge in [0.2, 0.25) is 27.4 Å². The number of hydrogen-bond acceptors (Lipinski definition) is 12. The summed E-state index contributed by atoms with van der Waals surface area (Å²) in [6.45, 7) is 15.8. The average Bonchev–Trinajstić information content (AvgIpc) is 4.02. The number of fused-ring (bicyclic) bond motifs is 1. The highest BCUT2D eigenvalue weighted by Crippen LogP contribution is 2.46. The van der Waals surface area contributed by atoms with Crippen LogP contribution in [0, 0.1) is 18.3 Å². The van der Waals surface area contributed by atoms with Crippen molar-refractivity contribution in [2.45, 2.75) is 109 Å². The van der Waals surface area contributed by atoms with Crippen molar-refractivity contribution >= 4 is 44.9 Å². The van der Waals surface area contributed by atoms with E-state index >= 15 is 0 Å². The van der Waals surface area contributed by atoms with Crippen LogP contribution in [0.5, 0.6) is 11.5 Å². The van der Waals surface area contributed by atoms with Crippen LogP contribution in [0.4, 0.5) is 4.79 Å². The largest absolute Gasteiger partial charge is 0.496 e. The summed E-state index contributed by atoms with van der Waals surface area (Å²) in [6, 6.07) is 6.62. The molecule has 3 heterocycles. The first kappa shape index (κ1) is 40.5. The number of rotatable bonds is 12. The van der Waals surface area contributed by atoms with Gasteiger partial charge in [-0.1, -0.05) is 44.1 Å². The van der Waals surface area contributed by atoms with Crippen LogP contribution in [-0.4, -0.2) is 95.5 Å². The van der Waals surface area contributed by atoms with E-state index in [1.807, 2.05) is 18.2 Å². The first-order valence-electron chi connectivity index (χ1n) is 18.5. The number of pyridine rings is 1. The summed E-state index contributed by atoms with van der Waals surface area (Å²) in [5, 5.41) is 8.92. The highest BCUT2D eigenvalue weighted by Gasteiger charge is 2.62. The van der Waals surface area contributed by atoms with Crippen molar-refractivity contribution in [2.24, 2.45) is 11.3 Å². The number of aryl methyl sites for hydroxylation is 1. The van der Waals surface area contributed by atoms with Gasteiger partial charge in [0.05, 0.1) is 24.6 Å². The van der Waals surface area contributed by atoms with Crippen LogP contribution in [0.25, 0.3) is 22.4 Å². The summed E-state index contributed by atoms with van der Waals surface area (Å²) in [7, 11) is -2.38. The van der Waals surface area contributed by atoms with Crippen molar-refractivity contribution in [2.75, 3.05) is 13.7 Å². The number of benzene rings is 1.